The Labute approximate surface area is 82.3 Å². The third-order valence-electron chi connectivity index (χ3n) is 1.62. The maximum atomic E-state index is 10.4. The Bertz CT molecular complexity index is 299. The van der Waals surface area contributed by atoms with Crippen molar-refractivity contribution in [3.63, 3.8) is 0 Å². The monoisotopic (exact) mass is 220 g/mol. The highest BCUT2D eigenvalue weighted by atomic mass is 35.5. The minimum atomic E-state index is -2.87. The molecule has 0 saturated heterocycles. The van der Waals surface area contributed by atoms with Crippen LogP contribution < -0.4 is 0 Å². The maximum absolute atomic E-state index is 10.4. The lowest BCUT2D eigenvalue weighted by Gasteiger charge is -2.10. The molecular formula is C8H10ClO3P. The van der Waals surface area contributed by atoms with Crippen molar-refractivity contribution < 1.29 is 14.0 Å². The van der Waals surface area contributed by atoms with Crippen LogP contribution in [-0.4, -0.2) is 4.89 Å². The van der Waals surface area contributed by atoms with E-state index in [2.05, 4.69) is 0 Å². The van der Waals surface area contributed by atoms with E-state index in [1.807, 2.05) is 0 Å². The normalized spacial score (nSPS) is 15.3. The van der Waals surface area contributed by atoms with E-state index in [0.29, 0.717) is 5.02 Å². The highest BCUT2D eigenvalue weighted by molar-refractivity contribution is 7.32. The van der Waals surface area contributed by atoms with E-state index in [1.54, 1.807) is 31.2 Å². The van der Waals surface area contributed by atoms with Crippen LogP contribution in [0.5, 0.6) is 0 Å². The highest BCUT2D eigenvalue weighted by Gasteiger charge is 2.07. The molecule has 0 amide bonds. The zero-order valence-corrected chi connectivity index (χ0v) is 8.78. The molecule has 2 unspecified atom stereocenters. The van der Waals surface area contributed by atoms with Crippen LogP contribution in [0.3, 0.4) is 0 Å². The minimum absolute atomic E-state index is 0.381. The molecule has 72 valence electrons. The molecule has 0 spiro atoms. The van der Waals surface area contributed by atoms with E-state index in [1.165, 1.54) is 0 Å². The molecule has 0 radical (unpaired) electrons. The summed E-state index contributed by atoms with van der Waals surface area (Å²) in [4.78, 5) is 8.54. The van der Waals surface area contributed by atoms with Gasteiger partial charge in [0.2, 0.25) is 0 Å². The lowest BCUT2D eigenvalue weighted by molar-refractivity contribution is 0.209. The van der Waals surface area contributed by atoms with Crippen molar-refractivity contribution >= 4 is 19.9 Å². The van der Waals surface area contributed by atoms with Crippen LogP contribution in [0, 0.1) is 0 Å². The van der Waals surface area contributed by atoms with Crippen LogP contribution in [0.4, 0.5) is 0 Å². The second kappa shape index (κ2) is 4.77. The zero-order chi connectivity index (χ0) is 9.84. The molecule has 1 aromatic carbocycles. The van der Waals surface area contributed by atoms with E-state index in [0.717, 1.165) is 5.56 Å². The van der Waals surface area contributed by atoms with Gasteiger partial charge in [-0.05, 0) is 24.6 Å². The largest absolute Gasteiger partial charge is 0.326 e. The first-order valence-electron chi connectivity index (χ1n) is 3.74. The van der Waals surface area contributed by atoms with Crippen molar-refractivity contribution in [3.8, 4) is 0 Å². The summed E-state index contributed by atoms with van der Waals surface area (Å²) in [6.45, 7) is 1.71. The van der Waals surface area contributed by atoms with Gasteiger partial charge in [0.15, 0.2) is 0 Å². The number of hydrogen-bond acceptors (Lipinski definition) is 2. The van der Waals surface area contributed by atoms with Crippen LogP contribution in [0.2, 0.25) is 5.02 Å². The summed E-state index contributed by atoms with van der Waals surface area (Å²) in [5.41, 5.74) is 0.830. The van der Waals surface area contributed by atoms with E-state index in [4.69, 9.17) is 21.0 Å². The van der Waals surface area contributed by atoms with Crippen molar-refractivity contribution in [1.82, 2.24) is 0 Å². The highest BCUT2D eigenvalue weighted by Crippen LogP contribution is 2.28. The molecule has 0 bridgehead atoms. The van der Waals surface area contributed by atoms with Crippen LogP contribution in [0.1, 0.15) is 18.6 Å². The molecule has 2 atom stereocenters. The van der Waals surface area contributed by atoms with E-state index in [-0.39, 0.29) is 6.10 Å². The summed E-state index contributed by atoms with van der Waals surface area (Å²) in [6, 6.07) is 6.95. The SMILES string of the molecule is CC(O[PH](=O)O)c1ccc(Cl)cc1. The maximum Gasteiger partial charge on any atom is 0.317 e. The van der Waals surface area contributed by atoms with Gasteiger partial charge in [-0.2, -0.15) is 0 Å². The summed E-state index contributed by atoms with van der Waals surface area (Å²) in [5.74, 6) is 0. The van der Waals surface area contributed by atoms with Gasteiger partial charge in [-0.25, -0.2) is 0 Å². The Morgan fingerprint density at radius 1 is 1.46 bits per heavy atom. The zero-order valence-electron chi connectivity index (χ0n) is 7.03. The predicted octanol–water partition coefficient (Wildman–Crippen LogP) is 2.80. The molecule has 0 heterocycles. The van der Waals surface area contributed by atoms with Gasteiger partial charge in [-0.1, -0.05) is 23.7 Å². The molecule has 1 rings (SSSR count). The Kier molecular flexibility index (Phi) is 3.94. The Balaban J connectivity index is 2.71. The van der Waals surface area contributed by atoms with Gasteiger partial charge in [-0.3, -0.25) is 4.57 Å². The summed E-state index contributed by atoms with van der Waals surface area (Å²) in [7, 11) is -2.87. The van der Waals surface area contributed by atoms with Crippen LogP contribution in [-0.2, 0) is 9.09 Å². The van der Waals surface area contributed by atoms with Crippen molar-refractivity contribution in [2.45, 2.75) is 13.0 Å². The first-order chi connectivity index (χ1) is 6.09. The van der Waals surface area contributed by atoms with E-state index in [9.17, 15) is 4.57 Å². The van der Waals surface area contributed by atoms with Crippen molar-refractivity contribution in [3.05, 3.63) is 34.9 Å². The predicted molar refractivity (Wildman–Crippen MR) is 52.2 cm³/mol. The molecule has 3 nitrogen and oxygen atoms in total. The van der Waals surface area contributed by atoms with Gasteiger partial charge in [0.25, 0.3) is 0 Å². The standard InChI is InChI=1S/C8H10ClO3P/c1-6(12-13(10)11)7-2-4-8(9)5-3-7/h2-6,13H,1H3,(H,10,11). The third-order valence-corrected chi connectivity index (χ3v) is 2.42. The minimum Gasteiger partial charge on any atom is -0.326 e. The first-order valence-corrected chi connectivity index (χ1v) is 5.39. The summed E-state index contributed by atoms with van der Waals surface area (Å²) < 4.78 is 15.1. The fraction of sp³-hybridized carbons (Fsp3) is 0.250. The van der Waals surface area contributed by atoms with Crippen molar-refractivity contribution in [2.75, 3.05) is 0 Å². The fourth-order valence-electron chi connectivity index (χ4n) is 0.953. The van der Waals surface area contributed by atoms with Crippen LogP contribution in [0.25, 0.3) is 0 Å². The average molecular weight is 221 g/mol. The van der Waals surface area contributed by atoms with Crippen molar-refractivity contribution in [2.24, 2.45) is 0 Å². The molecule has 5 heteroatoms. The van der Waals surface area contributed by atoms with Crippen LogP contribution >= 0.6 is 19.9 Å². The molecule has 0 aromatic heterocycles. The molecule has 0 saturated carbocycles. The Morgan fingerprint density at radius 2 is 2.00 bits per heavy atom. The quantitative estimate of drug-likeness (QED) is 0.797. The second-order valence-corrected chi connectivity index (χ2v) is 3.78. The van der Waals surface area contributed by atoms with Gasteiger partial charge in [0.1, 0.15) is 0 Å². The van der Waals surface area contributed by atoms with Crippen molar-refractivity contribution in [1.29, 1.82) is 0 Å². The molecule has 0 aliphatic rings. The summed E-state index contributed by atoms with van der Waals surface area (Å²) in [5, 5.41) is 0.632. The summed E-state index contributed by atoms with van der Waals surface area (Å²) >= 11 is 5.68. The molecule has 1 aromatic rings. The van der Waals surface area contributed by atoms with Gasteiger partial charge in [0.05, 0.1) is 6.10 Å². The smallest absolute Gasteiger partial charge is 0.317 e. The molecule has 13 heavy (non-hydrogen) atoms. The molecule has 1 N–H and O–H groups in total. The second-order valence-electron chi connectivity index (χ2n) is 2.58. The number of halogens is 1. The van der Waals surface area contributed by atoms with E-state index < -0.39 is 8.25 Å². The number of hydrogen-bond donors (Lipinski definition) is 1. The average Bonchev–Trinajstić information content (AvgIpc) is 2.04. The molecule has 0 fully saturated rings. The van der Waals surface area contributed by atoms with E-state index >= 15 is 0 Å². The lowest BCUT2D eigenvalue weighted by Crippen LogP contribution is -1.93. The summed E-state index contributed by atoms with van der Waals surface area (Å²) in [6.07, 6.45) is -0.381. The van der Waals surface area contributed by atoms with Gasteiger partial charge in [-0.15, -0.1) is 0 Å². The van der Waals surface area contributed by atoms with Gasteiger partial charge >= 0.3 is 8.25 Å². The third kappa shape index (κ3) is 3.49. The molecule has 0 aliphatic carbocycles. The molecule has 0 aliphatic heterocycles. The van der Waals surface area contributed by atoms with Gasteiger partial charge in [0, 0.05) is 5.02 Å². The Hall–Kier alpha value is -0.340. The lowest BCUT2D eigenvalue weighted by atomic mass is 10.1. The fourth-order valence-corrected chi connectivity index (χ4v) is 1.52. The number of benzene rings is 1. The Morgan fingerprint density at radius 3 is 2.46 bits per heavy atom. The van der Waals surface area contributed by atoms with Crippen LogP contribution in [0.15, 0.2) is 24.3 Å². The number of rotatable bonds is 3. The molecular weight excluding hydrogens is 211 g/mol. The first kappa shape index (κ1) is 10.7. The topological polar surface area (TPSA) is 46.5 Å². The van der Waals surface area contributed by atoms with Gasteiger partial charge < -0.3 is 9.42 Å².